The van der Waals surface area contributed by atoms with Gasteiger partial charge >= 0.3 is 5.97 Å². The van der Waals surface area contributed by atoms with E-state index in [0.29, 0.717) is 17.8 Å². The Bertz CT molecular complexity index is 1270. The van der Waals surface area contributed by atoms with Gasteiger partial charge in [0.15, 0.2) is 5.17 Å². The van der Waals surface area contributed by atoms with E-state index >= 15 is 0 Å². The molecule has 8 heteroatoms. The summed E-state index contributed by atoms with van der Waals surface area (Å²) in [7, 11) is 3.95. The zero-order chi connectivity index (χ0) is 26.5. The summed E-state index contributed by atoms with van der Waals surface area (Å²) in [5.74, 6) is -0.462. The van der Waals surface area contributed by atoms with Crippen LogP contribution in [0.4, 0.5) is 0 Å². The van der Waals surface area contributed by atoms with Gasteiger partial charge in [-0.3, -0.25) is 4.79 Å². The van der Waals surface area contributed by atoms with Crippen LogP contribution in [0.1, 0.15) is 41.6 Å². The number of amides is 1. The highest BCUT2D eigenvalue weighted by Crippen LogP contribution is 2.45. The van der Waals surface area contributed by atoms with Crippen molar-refractivity contribution in [2.75, 3.05) is 27.2 Å². The third-order valence-corrected chi connectivity index (χ3v) is 7.27. The summed E-state index contributed by atoms with van der Waals surface area (Å²) in [5, 5.41) is 5.72. The van der Waals surface area contributed by atoms with E-state index in [1.165, 1.54) is 11.8 Å². The number of aryl methyl sites for hydroxylation is 2. The standard InChI is InChI=1S/C29H34N4O3S/c1-19-11-12-20(2)24(15-19)27-26(28(35)36-17-22-9-7-6-8-10-22)21(3)31-29-33(27)23(18-37-29)16-25(34)30-13-14-32(4)5/h6-12,15,18,27H,13-14,16-17H2,1-5H3,(H,30,34). The fraction of sp³-hybridized carbons (Fsp3) is 0.345. The Morgan fingerprint density at radius 3 is 2.59 bits per heavy atom. The third-order valence-electron chi connectivity index (χ3n) is 6.39. The molecule has 2 aromatic carbocycles. The molecule has 1 N–H and O–H groups in total. The maximum Gasteiger partial charge on any atom is 0.338 e. The number of carbonyl (C=O) groups is 2. The van der Waals surface area contributed by atoms with Gasteiger partial charge in [-0.15, -0.1) is 0 Å². The molecule has 1 amide bonds. The Morgan fingerprint density at radius 1 is 1.11 bits per heavy atom. The van der Waals surface area contributed by atoms with Crippen molar-refractivity contribution in [3.8, 4) is 0 Å². The normalized spacial score (nSPS) is 16.9. The Morgan fingerprint density at radius 2 is 1.86 bits per heavy atom. The zero-order valence-electron chi connectivity index (χ0n) is 22.1. The average Bonchev–Trinajstić information content (AvgIpc) is 3.25. The topological polar surface area (TPSA) is 74.2 Å². The fourth-order valence-electron chi connectivity index (χ4n) is 4.43. The second-order valence-electron chi connectivity index (χ2n) is 9.64. The quantitative estimate of drug-likeness (QED) is 0.486. The van der Waals surface area contributed by atoms with Crippen molar-refractivity contribution >= 4 is 28.8 Å². The minimum atomic E-state index is -0.438. The number of likely N-dealkylation sites (N-methyl/N-ethyl adjacent to an activating group) is 1. The first-order valence-electron chi connectivity index (χ1n) is 12.4. The van der Waals surface area contributed by atoms with Gasteiger partial charge in [-0.1, -0.05) is 65.9 Å². The van der Waals surface area contributed by atoms with E-state index in [1.54, 1.807) is 0 Å². The van der Waals surface area contributed by atoms with Crippen LogP contribution in [0.5, 0.6) is 0 Å². The summed E-state index contributed by atoms with van der Waals surface area (Å²) in [4.78, 5) is 35.2. The molecule has 0 radical (unpaired) electrons. The number of nitrogens with one attached hydrogen (secondary N) is 1. The van der Waals surface area contributed by atoms with E-state index in [-0.39, 0.29) is 18.9 Å². The molecule has 0 aromatic heterocycles. The van der Waals surface area contributed by atoms with Gasteiger partial charge in [-0.25, -0.2) is 9.79 Å². The molecular weight excluding hydrogens is 484 g/mol. The molecule has 0 saturated carbocycles. The highest BCUT2D eigenvalue weighted by Gasteiger charge is 2.41. The minimum Gasteiger partial charge on any atom is -0.457 e. The van der Waals surface area contributed by atoms with Crippen molar-refractivity contribution in [1.29, 1.82) is 0 Å². The van der Waals surface area contributed by atoms with Crippen molar-refractivity contribution in [2.24, 2.45) is 4.99 Å². The number of hydrogen-bond donors (Lipinski definition) is 1. The third kappa shape index (κ3) is 6.32. The van der Waals surface area contributed by atoms with Gasteiger partial charge in [-0.2, -0.15) is 0 Å². The maximum atomic E-state index is 13.6. The van der Waals surface area contributed by atoms with Crippen LogP contribution in [0, 0.1) is 13.8 Å². The number of benzene rings is 2. The van der Waals surface area contributed by atoms with E-state index in [2.05, 4.69) is 23.5 Å². The fourth-order valence-corrected chi connectivity index (χ4v) is 5.39. The van der Waals surface area contributed by atoms with Gasteiger partial charge in [0.05, 0.1) is 23.7 Å². The Labute approximate surface area is 223 Å². The molecule has 0 bridgehead atoms. The first-order chi connectivity index (χ1) is 17.7. The summed E-state index contributed by atoms with van der Waals surface area (Å²) in [5.41, 5.74) is 6.02. The lowest BCUT2D eigenvalue weighted by molar-refractivity contribution is -0.141. The zero-order valence-corrected chi connectivity index (χ0v) is 22.9. The monoisotopic (exact) mass is 518 g/mol. The highest BCUT2D eigenvalue weighted by atomic mass is 32.2. The Balaban J connectivity index is 1.65. The number of amidine groups is 1. The second-order valence-corrected chi connectivity index (χ2v) is 10.5. The number of esters is 1. The van der Waals surface area contributed by atoms with Gasteiger partial charge in [0, 0.05) is 18.8 Å². The molecule has 2 aliphatic heterocycles. The number of carbonyl (C=O) groups excluding carboxylic acids is 2. The van der Waals surface area contributed by atoms with Crippen LogP contribution in [-0.4, -0.2) is 54.0 Å². The number of aliphatic imine (C=N–C) groups is 1. The molecule has 0 aliphatic carbocycles. The predicted molar refractivity (Wildman–Crippen MR) is 149 cm³/mol. The average molecular weight is 519 g/mol. The molecule has 0 saturated heterocycles. The largest absolute Gasteiger partial charge is 0.457 e. The SMILES string of the molecule is CC1=C(C(=O)OCc2ccccc2)C(c2cc(C)ccc2C)N2C(CC(=O)NCCN(C)C)=CSC2=N1. The van der Waals surface area contributed by atoms with Crippen molar-refractivity contribution in [3.05, 3.63) is 93.2 Å². The van der Waals surface area contributed by atoms with Crippen LogP contribution in [0.15, 0.2) is 75.9 Å². The lowest BCUT2D eigenvalue weighted by Crippen LogP contribution is -2.39. The number of fused-ring (bicyclic) bond motifs is 1. The first kappa shape index (κ1) is 26.7. The molecule has 2 aliphatic rings. The smallest absolute Gasteiger partial charge is 0.338 e. The number of hydrogen-bond acceptors (Lipinski definition) is 7. The Kier molecular flexibility index (Phi) is 8.51. The van der Waals surface area contributed by atoms with Crippen LogP contribution in [0.3, 0.4) is 0 Å². The summed E-state index contributed by atoms with van der Waals surface area (Å²) in [6, 6.07) is 15.4. The molecule has 37 heavy (non-hydrogen) atoms. The van der Waals surface area contributed by atoms with E-state index in [4.69, 9.17) is 9.73 Å². The van der Waals surface area contributed by atoms with E-state index in [0.717, 1.165) is 39.7 Å². The lowest BCUT2D eigenvalue weighted by atomic mass is 9.90. The molecule has 194 valence electrons. The van der Waals surface area contributed by atoms with Crippen molar-refractivity contribution < 1.29 is 14.3 Å². The van der Waals surface area contributed by atoms with Gasteiger partial charge < -0.3 is 19.9 Å². The summed E-state index contributed by atoms with van der Waals surface area (Å²) in [6.07, 6.45) is 0.201. The molecule has 7 nitrogen and oxygen atoms in total. The number of thioether (sulfide) groups is 1. The molecule has 1 unspecified atom stereocenters. The molecule has 2 heterocycles. The summed E-state index contributed by atoms with van der Waals surface area (Å²) < 4.78 is 5.80. The van der Waals surface area contributed by atoms with Gasteiger partial charge in [0.1, 0.15) is 6.61 Å². The molecular formula is C29H34N4O3S. The first-order valence-corrected chi connectivity index (χ1v) is 13.3. The van der Waals surface area contributed by atoms with Crippen molar-refractivity contribution in [1.82, 2.24) is 15.1 Å². The highest BCUT2D eigenvalue weighted by molar-refractivity contribution is 8.16. The predicted octanol–water partition coefficient (Wildman–Crippen LogP) is 4.69. The van der Waals surface area contributed by atoms with Crippen LogP contribution in [0.25, 0.3) is 0 Å². The number of ether oxygens (including phenoxy) is 1. The number of rotatable bonds is 9. The van der Waals surface area contributed by atoms with Crippen molar-refractivity contribution in [2.45, 2.75) is 39.8 Å². The van der Waals surface area contributed by atoms with Gasteiger partial charge in [-0.05, 0) is 57.0 Å². The minimum absolute atomic E-state index is 0.0610. The number of nitrogens with zero attached hydrogens (tertiary/aromatic N) is 3. The second kappa shape index (κ2) is 11.8. The molecule has 2 aromatic rings. The van der Waals surface area contributed by atoms with Crippen LogP contribution in [0.2, 0.25) is 0 Å². The summed E-state index contributed by atoms with van der Waals surface area (Å²) in [6.45, 7) is 7.46. The summed E-state index contributed by atoms with van der Waals surface area (Å²) >= 11 is 1.48. The van der Waals surface area contributed by atoms with E-state index in [1.807, 2.05) is 80.4 Å². The van der Waals surface area contributed by atoms with Crippen molar-refractivity contribution in [3.63, 3.8) is 0 Å². The van der Waals surface area contributed by atoms with Crippen LogP contribution < -0.4 is 5.32 Å². The molecule has 0 spiro atoms. The van der Waals surface area contributed by atoms with E-state index < -0.39 is 12.0 Å². The lowest BCUT2D eigenvalue weighted by Gasteiger charge is -2.37. The maximum absolute atomic E-state index is 13.6. The van der Waals surface area contributed by atoms with Crippen LogP contribution >= 0.6 is 11.8 Å². The van der Waals surface area contributed by atoms with E-state index in [9.17, 15) is 9.59 Å². The molecule has 1 atom stereocenters. The Hall–Kier alpha value is -3.36. The number of allylic oxidation sites excluding steroid dienone is 1. The molecule has 0 fully saturated rings. The van der Waals surface area contributed by atoms with Crippen LogP contribution in [-0.2, 0) is 20.9 Å². The van der Waals surface area contributed by atoms with Gasteiger partial charge in [0.2, 0.25) is 5.91 Å². The molecule has 4 rings (SSSR count). The van der Waals surface area contributed by atoms with Gasteiger partial charge in [0.25, 0.3) is 0 Å².